The topological polar surface area (TPSA) is 49.7 Å². The van der Waals surface area contributed by atoms with Gasteiger partial charge in [-0.15, -0.1) is 9.24 Å². The molecule has 0 aromatic heterocycles. The summed E-state index contributed by atoms with van der Waals surface area (Å²) in [5.41, 5.74) is 4.78. The van der Waals surface area contributed by atoms with E-state index in [0.29, 0.717) is 15.8 Å². The van der Waals surface area contributed by atoms with E-state index < -0.39 is 0 Å². The summed E-state index contributed by atoms with van der Waals surface area (Å²) in [5, 5.41) is 8.45. The third-order valence-corrected chi connectivity index (χ3v) is 5.97. The van der Waals surface area contributed by atoms with Gasteiger partial charge in [-0.1, -0.05) is 80.8 Å². The zero-order valence-electron chi connectivity index (χ0n) is 21.7. The largest absolute Gasteiger partial charge is 0.400 e. The van der Waals surface area contributed by atoms with E-state index in [-0.39, 0.29) is 11.6 Å². The van der Waals surface area contributed by atoms with Crippen molar-refractivity contribution >= 4 is 48.8 Å². The smallest absolute Gasteiger partial charge is 0.159 e. The van der Waals surface area contributed by atoms with Crippen molar-refractivity contribution in [2.75, 3.05) is 14.2 Å². The number of nitrogens with zero attached hydrogens (tertiary/aromatic N) is 1. The van der Waals surface area contributed by atoms with E-state index in [1.165, 1.54) is 30.3 Å². The first-order valence-electron chi connectivity index (χ1n) is 10.8. The van der Waals surface area contributed by atoms with Crippen molar-refractivity contribution in [3.8, 4) is 0 Å². The number of thioether (sulfide) groups is 1. The highest BCUT2D eigenvalue weighted by atomic mass is 32.2. The average Bonchev–Trinajstić information content (AvgIpc) is 2.84. The molecule has 0 aliphatic heterocycles. The van der Waals surface area contributed by atoms with Crippen LogP contribution >= 0.6 is 21.0 Å². The zero-order valence-corrected chi connectivity index (χ0v) is 23.7. The SMILES string of the molecule is C=C(C)C(=C)c1ccccc1/C=C\C.CC.CN=C(C)Sc1c(F)cc(C(C)=O)cc1P.CO. The van der Waals surface area contributed by atoms with Gasteiger partial charge in [0, 0.05) is 19.7 Å². The number of carbonyl (C=O) groups excluding carboxylic acids is 1. The minimum atomic E-state index is -0.384. The van der Waals surface area contributed by atoms with Crippen molar-refractivity contribution in [3.05, 3.63) is 83.7 Å². The summed E-state index contributed by atoms with van der Waals surface area (Å²) < 4.78 is 13.7. The summed E-state index contributed by atoms with van der Waals surface area (Å²) in [6, 6.07) is 11.2. The molecule has 2 aromatic rings. The number of halogens is 1. The molecule has 0 fully saturated rings. The number of rotatable bonds is 5. The second kappa shape index (κ2) is 19.0. The molecule has 2 rings (SSSR count). The predicted molar refractivity (Wildman–Crippen MR) is 155 cm³/mol. The number of aliphatic hydroxyl groups excluding tert-OH is 1. The van der Waals surface area contributed by atoms with Crippen LogP contribution in [0.15, 0.2) is 71.1 Å². The molecule has 186 valence electrons. The van der Waals surface area contributed by atoms with Crippen LogP contribution in [-0.2, 0) is 0 Å². The highest BCUT2D eigenvalue weighted by Gasteiger charge is 2.12. The van der Waals surface area contributed by atoms with Gasteiger partial charge < -0.3 is 5.11 Å². The Labute approximate surface area is 212 Å². The van der Waals surface area contributed by atoms with Crippen LogP contribution in [0.25, 0.3) is 11.6 Å². The first-order valence-corrected chi connectivity index (χ1v) is 12.2. The number of aliphatic imine (C=N–C) groups is 1. The molecular weight excluding hydrogens is 464 g/mol. The van der Waals surface area contributed by atoms with Crippen LogP contribution in [0, 0.1) is 5.82 Å². The summed E-state index contributed by atoms with van der Waals surface area (Å²) in [5.74, 6) is -0.522. The number of ketones is 1. The lowest BCUT2D eigenvalue weighted by atomic mass is 9.96. The number of aliphatic hydroxyl groups is 1. The van der Waals surface area contributed by atoms with Crippen LogP contribution in [0.2, 0.25) is 0 Å². The summed E-state index contributed by atoms with van der Waals surface area (Å²) in [6.45, 7) is 19.2. The standard InChI is InChI=1S/C14H16.C11H13FNOPS.C2H6.CH4O/c1-5-8-13-9-6-7-10-14(13)12(4)11(2)3;1-6(14)8-4-9(12)11(10(15)5-8)16-7(2)13-3;2*1-2/h5-10H,2,4H2,1,3H3;4-5H,15H2,1-3H3;1-2H3;2H,1H3/b8-5-;;;. The molecule has 0 amide bonds. The van der Waals surface area contributed by atoms with Gasteiger partial charge in [-0.25, -0.2) is 4.39 Å². The maximum Gasteiger partial charge on any atom is 0.159 e. The number of hydrogen-bond acceptors (Lipinski definition) is 4. The molecule has 3 nitrogen and oxygen atoms in total. The average molecular weight is 504 g/mol. The third kappa shape index (κ3) is 11.7. The zero-order chi connectivity index (χ0) is 26.8. The van der Waals surface area contributed by atoms with Gasteiger partial charge in [0.25, 0.3) is 0 Å². The number of hydrogen-bond donors (Lipinski definition) is 1. The lowest BCUT2D eigenvalue weighted by molar-refractivity contribution is 0.101. The molecule has 2 aromatic carbocycles. The van der Waals surface area contributed by atoms with E-state index in [4.69, 9.17) is 5.11 Å². The summed E-state index contributed by atoms with van der Waals surface area (Å²) >= 11 is 1.26. The molecule has 1 unspecified atom stereocenters. The van der Waals surface area contributed by atoms with E-state index in [2.05, 4.69) is 45.6 Å². The van der Waals surface area contributed by atoms with E-state index in [9.17, 15) is 9.18 Å². The lowest BCUT2D eigenvalue weighted by Gasteiger charge is -2.08. The molecule has 34 heavy (non-hydrogen) atoms. The van der Waals surface area contributed by atoms with Gasteiger partial charge in [0.05, 0.1) is 9.94 Å². The summed E-state index contributed by atoms with van der Waals surface area (Å²) in [6.07, 6.45) is 4.12. The van der Waals surface area contributed by atoms with Gasteiger partial charge >= 0.3 is 0 Å². The predicted octanol–water partition coefficient (Wildman–Crippen LogP) is 7.61. The van der Waals surface area contributed by atoms with Gasteiger partial charge in [-0.05, 0) is 61.8 Å². The monoisotopic (exact) mass is 503 g/mol. The Morgan fingerprint density at radius 3 is 2.12 bits per heavy atom. The molecule has 0 bridgehead atoms. The molecule has 0 saturated heterocycles. The van der Waals surface area contributed by atoms with Gasteiger partial charge in [-0.3, -0.25) is 9.79 Å². The molecule has 0 saturated carbocycles. The van der Waals surface area contributed by atoms with Crippen molar-refractivity contribution in [2.45, 2.75) is 46.4 Å². The Morgan fingerprint density at radius 2 is 1.68 bits per heavy atom. The Hall–Kier alpha value is -2.33. The molecule has 0 heterocycles. The van der Waals surface area contributed by atoms with E-state index in [0.717, 1.165) is 28.9 Å². The van der Waals surface area contributed by atoms with Crippen molar-refractivity contribution in [1.82, 2.24) is 0 Å². The van der Waals surface area contributed by atoms with Crippen molar-refractivity contribution < 1.29 is 14.3 Å². The van der Waals surface area contributed by atoms with Crippen LogP contribution < -0.4 is 5.30 Å². The van der Waals surface area contributed by atoms with Gasteiger partial charge in [0.1, 0.15) is 5.82 Å². The fraction of sp³-hybridized carbons (Fsp3) is 0.286. The molecule has 0 aliphatic rings. The van der Waals surface area contributed by atoms with Crippen LogP contribution in [-0.4, -0.2) is 30.1 Å². The number of benzene rings is 2. The highest BCUT2D eigenvalue weighted by molar-refractivity contribution is 8.14. The lowest BCUT2D eigenvalue weighted by Crippen LogP contribution is -2.06. The first-order chi connectivity index (χ1) is 16.1. The van der Waals surface area contributed by atoms with E-state index in [1.54, 1.807) is 13.1 Å². The molecule has 0 spiro atoms. The Morgan fingerprint density at radius 1 is 1.12 bits per heavy atom. The molecule has 1 N–H and O–H groups in total. The maximum absolute atomic E-state index is 13.7. The van der Waals surface area contributed by atoms with E-state index >= 15 is 0 Å². The molecule has 0 radical (unpaired) electrons. The normalized spacial score (nSPS) is 10.1. The molecule has 6 heteroatoms. The van der Waals surface area contributed by atoms with Gasteiger partial charge in [-0.2, -0.15) is 0 Å². The first kappa shape index (κ1) is 33.8. The van der Waals surface area contributed by atoms with Crippen molar-refractivity contribution in [1.29, 1.82) is 0 Å². The van der Waals surface area contributed by atoms with Crippen molar-refractivity contribution in [3.63, 3.8) is 0 Å². The third-order valence-electron chi connectivity index (χ3n) is 4.19. The van der Waals surface area contributed by atoms with Crippen LogP contribution in [0.4, 0.5) is 4.39 Å². The second-order valence-electron chi connectivity index (χ2n) is 6.62. The minimum Gasteiger partial charge on any atom is -0.400 e. The fourth-order valence-electron chi connectivity index (χ4n) is 2.45. The number of Topliss-reactive ketones (excluding diaryl/α,β-unsaturated/α-hetero) is 1. The van der Waals surface area contributed by atoms with Crippen LogP contribution in [0.1, 0.15) is 63.0 Å². The Bertz CT molecular complexity index is 990. The van der Waals surface area contributed by atoms with Crippen LogP contribution in [0.3, 0.4) is 0 Å². The van der Waals surface area contributed by atoms with E-state index in [1.807, 2.05) is 52.8 Å². The fourth-order valence-corrected chi connectivity index (χ4v) is 3.66. The molecule has 0 aliphatic carbocycles. The minimum absolute atomic E-state index is 0.139. The van der Waals surface area contributed by atoms with Crippen LogP contribution in [0.5, 0.6) is 0 Å². The summed E-state index contributed by atoms with van der Waals surface area (Å²) in [4.78, 5) is 15.6. The van der Waals surface area contributed by atoms with Crippen molar-refractivity contribution in [2.24, 2.45) is 4.99 Å². The quantitative estimate of drug-likeness (QED) is 0.114. The highest BCUT2D eigenvalue weighted by Crippen LogP contribution is 2.25. The number of carbonyl (C=O) groups is 1. The molecular formula is C28H39FNO2PS. The maximum atomic E-state index is 13.7. The Balaban J connectivity index is 0. The second-order valence-corrected chi connectivity index (χ2v) is 8.45. The Kier molecular flexibility index (Phi) is 18.9. The summed E-state index contributed by atoms with van der Waals surface area (Å²) in [7, 11) is 5.10. The van der Waals surface area contributed by atoms with Gasteiger partial charge in [0.2, 0.25) is 0 Å². The van der Waals surface area contributed by atoms with Gasteiger partial charge in [0.15, 0.2) is 5.78 Å². The molecule has 1 atom stereocenters. The number of allylic oxidation sites excluding steroid dienone is 3.